The van der Waals surface area contributed by atoms with Crippen molar-refractivity contribution < 1.29 is 22.7 Å². The lowest BCUT2D eigenvalue weighted by molar-refractivity contribution is -0.141. The summed E-state index contributed by atoms with van der Waals surface area (Å²) in [7, 11) is -0.649. The number of nitrogens with zero attached hydrogens (tertiary/aromatic N) is 2. The van der Waals surface area contributed by atoms with Crippen LogP contribution in [-0.2, 0) is 32.6 Å². The van der Waals surface area contributed by atoms with Crippen LogP contribution < -0.4 is 10.1 Å². The average Bonchev–Trinajstić information content (AvgIpc) is 2.76. The Balaban J connectivity index is 2.41. The molecule has 2 amide bonds. The summed E-state index contributed by atoms with van der Waals surface area (Å²) in [6.07, 6.45) is 1.34. The van der Waals surface area contributed by atoms with Gasteiger partial charge in [-0.05, 0) is 30.2 Å². The molecule has 1 atom stereocenters. The van der Waals surface area contributed by atoms with Crippen LogP contribution in [0.2, 0.25) is 0 Å². The number of rotatable bonds is 11. The molecule has 0 heterocycles. The molecule has 2 aromatic carbocycles. The van der Waals surface area contributed by atoms with Crippen molar-refractivity contribution in [3.8, 4) is 5.75 Å². The van der Waals surface area contributed by atoms with Gasteiger partial charge in [-0.3, -0.25) is 9.59 Å². The molecule has 2 rings (SSSR count). The quantitative estimate of drug-likeness (QED) is 0.549. The van der Waals surface area contributed by atoms with Crippen LogP contribution in [0.25, 0.3) is 0 Å². The van der Waals surface area contributed by atoms with Gasteiger partial charge in [0.25, 0.3) is 0 Å². The van der Waals surface area contributed by atoms with Gasteiger partial charge < -0.3 is 15.0 Å². The second kappa shape index (κ2) is 11.6. The first-order valence-corrected chi connectivity index (χ1v) is 12.2. The summed E-state index contributed by atoms with van der Waals surface area (Å²) in [5.41, 5.74) is 1.69. The van der Waals surface area contributed by atoms with Crippen molar-refractivity contribution in [2.45, 2.75) is 25.9 Å². The van der Waals surface area contributed by atoms with E-state index in [0.717, 1.165) is 21.7 Å². The Labute approximate surface area is 190 Å². The van der Waals surface area contributed by atoms with Crippen molar-refractivity contribution in [3.05, 3.63) is 65.7 Å². The third-order valence-corrected chi connectivity index (χ3v) is 6.32. The summed E-state index contributed by atoms with van der Waals surface area (Å²) >= 11 is 0. The van der Waals surface area contributed by atoms with Gasteiger partial charge in [-0.25, -0.2) is 8.42 Å². The van der Waals surface area contributed by atoms with E-state index in [1.807, 2.05) is 49.4 Å². The number of hydrogen-bond donors (Lipinski definition) is 1. The van der Waals surface area contributed by atoms with E-state index in [-0.39, 0.29) is 19.0 Å². The molecule has 0 unspecified atom stereocenters. The number of amides is 2. The van der Waals surface area contributed by atoms with Crippen molar-refractivity contribution in [1.29, 1.82) is 0 Å². The Morgan fingerprint density at radius 1 is 1.03 bits per heavy atom. The molecule has 0 aliphatic carbocycles. The molecular formula is C23H31N3O5S. The first kappa shape index (κ1) is 25.4. The molecule has 8 nitrogen and oxygen atoms in total. The maximum atomic E-state index is 13.3. The van der Waals surface area contributed by atoms with E-state index in [1.165, 1.54) is 11.9 Å². The lowest BCUT2D eigenvalue weighted by atomic mass is 10.0. The highest BCUT2D eigenvalue weighted by Crippen LogP contribution is 2.18. The minimum absolute atomic E-state index is 0.148. The zero-order valence-corrected chi connectivity index (χ0v) is 19.8. The summed E-state index contributed by atoms with van der Waals surface area (Å²) < 4.78 is 29.9. The normalized spacial score (nSPS) is 12.3. The number of hydrogen-bond acceptors (Lipinski definition) is 5. The monoisotopic (exact) mass is 461 g/mol. The van der Waals surface area contributed by atoms with Gasteiger partial charge in [0.1, 0.15) is 11.8 Å². The third-order valence-electron chi connectivity index (χ3n) is 5.06. The SMILES string of the molecule is CCNC(=O)[C@@H](Cc1ccccc1)N(Cc1ccc(OC)cc1)C(=O)CN(C)S(C)(=O)=O. The molecule has 0 aromatic heterocycles. The molecule has 0 saturated carbocycles. The highest BCUT2D eigenvalue weighted by Gasteiger charge is 2.31. The highest BCUT2D eigenvalue weighted by atomic mass is 32.2. The van der Waals surface area contributed by atoms with Crippen LogP contribution in [0.15, 0.2) is 54.6 Å². The topological polar surface area (TPSA) is 96.0 Å². The predicted octanol–water partition coefficient (Wildman–Crippen LogP) is 1.66. The van der Waals surface area contributed by atoms with Crippen molar-refractivity contribution in [3.63, 3.8) is 0 Å². The molecular weight excluding hydrogens is 430 g/mol. The molecule has 0 aliphatic rings. The van der Waals surface area contributed by atoms with Crippen LogP contribution in [0.5, 0.6) is 5.75 Å². The number of sulfonamides is 1. The first-order valence-electron chi connectivity index (χ1n) is 10.3. The second-order valence-electron chi connectivity index (χ2n) is 7.49. The molecule has 32 heavy (non-hydrogen) atoms. The lowest BCUT2D eigenvalue weighted by Crippen LogP contribution is -2.52. The van der Waals surface area contributed by atoms with Crippen LogP contribution in [0, 0.1) is 0 Å². The molecule has 1 N–H and O–H groups in total. The van der Waals surface area contributed by atoms with Crippen LogP contribution in [-0.4, -0.2) is 69.0 Å². The molecule has 9 heteroatoms. The molecule has 0 saturated heterocycles. The Morgan fingerprint density at radius 2 is 1.66 bits per heavy atom. The fourth-order valence-electron chi connectivity index (χ4n) is 3.17. The van der Waals surface area contributed by atoms with Crippen molar-refractivity contribution in [2.75, 3.05) is 33.5 Å². The second-order valence-corrected chi connectivity index (χ2v) is 9.58. The largest absolute Gasteiger partial charge is 0.497 e. The molecule has 2 aromatic rings. The standard InChI is InChI=1S/C23H31N3O5S/c1-5-24-23(28)21(15-18-9-7-6-8-10-18)26(22(27)17-25(2)32(4,29)30)16-19-11-13-20(31-3)14-12-19/h6-14,21H,5,15-17H2,1-4H3,(H,24,28)/t21-/m1/s1. The molecule has 0 fully saturated rings. The predicted molar refractivity (Wildman–Crippen MR) is 124 cm³/mol. The van der Waals surface area contributed by atoms with Gasteiger partial charge in [0.15, 0.2) is 0 Å². The van der Waals surface area contributed by atoms with Crippen LogP contribution in [0.4, 0.5) is 0 Å². The summed E-state index contributed by atoms with van der Waals surface area (Å²) in [5, 5.41) is 2.80. The van der Waals surface area contributed by atoms with Crippen molar-refractivity contribution in [1.82, 2.24) is 14.5 Å². The van der Waals surface area contributed by atoms with E-state index in [1.54, 1.807) is 19.2 Å². The van der Waals surface area contributed by atoms with Crippen molar-refractivity contribution >= 4 is 21.8 Å². The lowest BCUT2D eigenvalue weighted by Gasteiger charge is -2.32. The van der Waals surface area contributed by atoms with Gasteiger partial charge in [0, 0.05) is 26.6 Å². The average molecular weight is 462 g/mol. The van der Waals surface area contributed by atoms with Gasteiger partial charge in [0.2, 0.25) is 21.8 Å². The molecule has 174 valence electrons. The van der Waals surface area contributed by atoms with E-state index in [0.29, 0.717) is 18.7 Å². The van der Waals surface area contributed by atoms with Gasteiger partial charge in [0.05, 0.1) is 19.9 Å². The number of ether oxygens (including phenoxy) is 1. The summed E-state index contributed by atoms with van der Waals surface area (Å²) in [5.74, 6) is -0.0749. The molecule has 0 bridgehead atoms. The fourth-order valence-corrected chi connectivity index (χ4v) is 3.52. The highest BCUT2D eigenvalue weighted by molar-refractivity contribution is 7.88. The van der Waals surface area contributed by atoms with Gasteiger partial charge in [-0.15, -0.1) is 0 Å². The number of likely N-dealkylation sites (N-methyl/N-ethyl adjacent to an activating group) is 2. The van der Waals surface area contributed by atoms with Gasteiger partial charge in [-0.2, -0.15) is 4.31 Å². The zero-order valence-electron chi connectivity index (χ0n) is 18.9. The van der Waals surface area contributed by atoms with E-state index >= 15 is 0 Å². The minimum atomic E-state index is -3.56. The van der Waals surface area contributed by atoms with Crippen molar-refractivity contribution in [2.24, 2.45) is 0 Å². The van der Waals surface area contributed by atoms with Crippen LogP contribution >= 0.6 is 0 Å². The van der Waals surface area contributed by atoms with E-state index in [4.69, 9.17) is 4.74 Å². The third kappa shape index (κ3) is 7.35. The van der Waals surface area contributed by atoms with Crippen LogP contribution in [0.1, 0.15) is 18.1 Å². The Kier molecular flexibility index (Phi) is 9.22. The Hall–Kier alpha value is -2.91. The smallest absolute Gasteiger partial charge is 0.243 e. The van der Waals surface area contributed by atoms with E-state index in [9.17, 15) is 18.0 Å². The first-order chi connectivity index (χ1) is 15.2. The van der Waals surface area contributed by atoms with E-state index < -0.39 is 22.0 Å². The molecule has 0 spiro atoms. The fraction of sp³-hybridized carbons (Fsp3) is 0.391. The molecule has 0 radical (unpaired) electrons. The Bertz CT molecular complexity index is 994. The Morgan fingerprint density at radius 3 is 2.19 bits per heavy atom. The van der Waals surface area contributed by atoms with Gasteiger partial charge >= 0.3 is 0 Å². The van der Waals surface area contributed by atoms with E-state index in [2.05, 4.69) is 5.32 Å². The molecule has 0 aliphatic heterocycles. The van der Waals surface area contributed by atoms with Gasteiger partial charge in [-0.1, -0.05) is 42.5 Å². The maximum absolute atomic E-state index is 13.3. The summed E-state index contributed by atoms with van der Waals surface area (Å²) in [4.78, 5) is 27.7. The summed E-state index contributed by atoms with van der Waals surface area (Å²) in [6, 6.07) is 15.8. The number of benzene rings is 2. The number of methoxy groups -OCH3 is 1. The summed E-state index contributed by atoms with van der Waals surface area (Å²) in [6.45, 7) is 2.01. The number of nitrogens with one attached hydrogen (secondary N) is 1. The minimum Gasteiger partial charge on any atom is -0.497 e. The zero-order chi connectivity index (χ0) is 23.7. The maximum Gasteiger partial charge on any atom is 0.243 e. The number of carbonyl (C=O) groups is 2. The van der Waals surface area contributed by atoms with Crippen LogP contribution in [0.3, 0.4) is 0 Å². The number of carbonyl (C=O) groups excluding carboxylic acids is 2.